The first-order valence-corrected chi connectivity index (χ1v) is 5.39. The zero-order chi connectivity index (χ0) is 10.8. The Balaban J connectivity index is 2.64. The molecule has 0 aromatic heterocycles. The monoisotopic (exact) mass is 199 g/mol. The summed E-state index contributed by atoms with van der Waals surface area (Å²) in [5.41, 5.74) is 5.88. The molecule has 0 heterocycles. The van der Waals surface area contributed by atoms with Crippen molar-refractivity contribution in [1.82, 2.24) is 0 Å². The largest absolute Gasteiger partial charge is 0.466 e. The van der Waals surface area contributed by atoms with Crippen molar-refractivity contribution in [3.8, 4) is 0 Å². The number of rotatable bonds is 2. The van der Waals surface area contributed by atoms with Crippen molar-refractivity contribution in [2.75, 3.05) is 6.61 Å². The summed E-state index contributed by atoms with van der Waals surface area (Å²) in [5, 5.41) is 0. The van der Waals surface area contributed by atoms with Gasteiger partial charge in [-0.3, -0.25) is 4.79 Å². The first-order valence-electron chi connectivity index (χ1n) is 5.39. The van der Waals surface area contributed by atoms with Gasteiger partial charge in [-0.25, -0.2) is 0 Å². The molecule has 3 nitrogen and oxygen atoms in total. The molecule has 1 saturated carbocycles. The lowest BCUT2D eigenvalue weighted by Crippen LogP contribution is -2.42. The molecule has 3 heteroatoms. The average molecular weight is 199 g/mol. The van der Waals surface area contributed by atoms with Gasteiger partial charge in [-0.1, -0.05) is 13.8 Å². The van der Waals surface area contributed by atoms with Gasteiger partial charge in [0.25, 0.3) is 0 Å². The topological polar surface area (TPSA) is 52.3 Å². The molecule has 0 aromatic carbocycles. The van der Waals surface area contributed by atoms with E-state index in [1.165, 1.54) is 0 Å². The van der Waals surface area contributed by atoms with Crippen molar-refractivity contribution in [3.05, 3.63) is 0 Å². The summed E-state index contributed by atoms with van der Waals surface area (Å²) in [5.74, 6) is -0.0216. The van der Waals surface area contributed by atoms with Crippen LogP contribution in [-0.4, -0.2) is 18.6 Å². The highest BCUT2D eigenvalue weighted by Gasteiger charge is 2.40. The lowest BCUT2D eigenvalue weighted by atomic mass is 9.67. The standard InChI is InChI=1S/C11H21NO2/c1-4-14-10(13)9-6-5-8(12)7-11(9,2)3/h8-9H,4-7,12H2,1-3H3/t8-,9-/m1/s1. The molecule has 0 unspecified atom stereocenters. The van der Waals surface area contributed by atoms with Crippen LogP contribution in [0.1, 0.15) is 40.0 Å². The summed E-state index contributed by atoms with van der Waals surface area (Å²) in [7, 11) is 0. The van der Waals surface area contributed by atoms with Gasteiger partial charge in [0.1, 0.15) is 0 Å². The molecular formula is C11H21NO2. The van der Waals surface area contributed by atoms with Gasteiger partial charge >= 0.3 is 5.97 Å². The summed E-state index contributed by atoms with van der Waals surface area (Å²) in [6, 6.07) is 0.246. The molecule has 2 N–H and O–H groups in total. The summed E-state index contributed by atoms with van der Waals surface area (Å²) >= 11 is 0. The Bertz CT molecular complexity index is 213. The van der Waals surface area contributed by atoms with E-state index in [-0.39, 0.29) is 23.3 Å². The summed E-state index contributed by atoms with van der Waals surface area (Å²) in [4.78, 5) is 11.7. The number of carbonyl (C=O) groups is 1. The maximum atomic E-state index is 11.7. The van der Waals surface area contributed by atoms with E-state index in [9.17, 15) is 4.79 Å². The Morgan fingerprint density at radius 3 is 2.64 bits per heavy atom. The van der Waals surface area contributed by atoms with Crippen molar-refractivity contribution >= 4 is 5.97 Å². The third-order valence-corrected chi connectivity index (χ3v) is 3.13. The van der Waals surface area contributed by atoms with Crippen LogP contribution in [0, 0.1) is 11.3 Å². The molecule has 82 valence electrons. The van der Waals surface area contributed by atoms with Crippen molar-refractivity contribution in [1.29, 1.82) is 0 Å². The molecule has 0 aromatic rings. The smallest absolute Gasteiger partial charge is 0.309 e. The predicted octanol–water partition coefficient (Wildman–Crippen LogP) is 1.70. The first kappa shape index (κ1) is 11.5. The van der Waals surface area contributed by atoms with Crippen LogP contribution in [0.3, 0.4) is 0 Å². The zero-order valence-electron chi connectivity index (χ0n) is 9.38. The Morgan fingerprint density at radius 2 is 2.14 bits per heavy atom. The van der Waals surface area contributed by atoms with E-state index < -0.39 is 0 Å². The second kappa shape index (κ2) is 4.30. The van der Waals surface area contributed by atoms with E-state index in [2.05, 4.69) is 13.8 Å². The fraction of sp³-hybridized carbons (Fsp3) is 0.909. The van der Waals surface area contributed by atoms with Gasteiger partial charge < -0.3 is 10.5 Å². The molecular weight excluding hydrogens is 178 g/mol. The third-order valence-electron chi connectivity index (χ3n) is 3.13. The van der Waals surface area contributed by atoms with Crippen LogP contribution in [0.4, 0.5) is 0 Å². The molecule has 1 rings (SSSR count). The number of ether oxygens (including phenoxy) is 1. The van der Waals surface area contributed by atoms with E-state index in [1.807, 2.05) is 6.92 Å². The molecule has 1 fully saturated rings. The fourth-order valence-corrected chi connectivity index (χ4v) is 2.37. The van der Waals surface area contributed by atoms with Crippen molar-refractivity contribution < 1.29 is 9.53 Å². The maximum Gasteiger partial charge on any atom is 0.309 e. The summed E-state index contributed by atoms with van der Waals surface area (Å²) in [6.45, 7) is 6.53. The second-order valence-corrected chi connectivity index (χ2v) is 4.83. The highest BCUT2D eigenvalue weighted by atomic mass is 16.5. The molecule has 0 saturated heterocycles. The van der Waals surface area contributed by atoms with Gasteiger partial charge in [0.05, 0.1) is 12.5 Å². The number of hydrogen-bond acceptors (Lipinski definition) is 3. The summed E-state index contributed by atoms with van der Waals surface area (Å²) in [6.07, 6.45) is 2.72. The molecule has 0 bridgehead atoms. The minimum absolute atomic E-state index is 0.0100. The van der Waals surface area contributed by atoms with E-state index in [4.69, 9.17) is 10.5 Å². The molecule has 14 heavy (non-hydrogen) atoms. The minimum Gasteiger partial charge on any atom is -0.466 e. The van der Waals surface area contributed by atoms with E-state index >= 15 is 0 Å². The molecule has 0 amide bonds. The Hall–Kier alpha value is -0.570. The first-order chi connectivity index (χ1) is 6.47. The van der Waals surface area contributed by atoms with Crippen LogP contribution in [0.2, 0.25) is 0 Å². The van der Waals surface area contributed by atoms with Crippen molar-refractivity contribution in [2.45, 2.75) is 46.1 Å². The van der Waals surface area contributed by atoms with Crippen molar-refractivity contribution in [3.63, 3.8) is 0 Å². The van der Waals surface area contributed by atoms with Gasteiger partial charge in [-0.05, 0) is 31.6 Å². The molecule has 0 aliphatic heterocycles. The normalized spacial score (nSPS) is 31.1. The van der Waals surface area contributed by atoms with E-state index in [0.717, 1.165) is 19.3 Å². The number of hydrogen-bond donors (Lipinski definition) is 1. The number of esters is 1. The Kier molecular flexibility index (Phi) is 3.53. The second-order valence-electron chi connectivity index (χ2n) is 4.83. The molecule has 0 spiro atoms. The average Bonchev–Trinajstić information content (AvgIpc) is 2.01. The molecule has 1 aliphatic carbocycles. The molecule has 1 aliphatic rings. The van der Waals surface area contributed by atoms with Crippen LogP contribution >= 0.6 is 0 Å². The maximum absolute atomic E-state index is 11.7. The van der Waals surface area contributed by atoms with E-state index in [1.54, 1.807) is 0 Å². The van der Waals surface area contributed by atoms with Gasteiger partial charge in [-0.2, -0.15) is 0 Å². The van der Waals surface area contributed by atoms with Gasteiger partial charge in [0, 0.05) is 6.04 Å². The van der Waals surface area contributed by atoms with Gasteiger partial charge in [0.15, 0.2) is 0 Å². The molecule has 2 atom stereocenters. The van der Waals surface area contributed by atoms with Crippen LogP contribution < -0.4 is 5.73 Å². The van der Waals surface area contributed by atoms with Gasteiger partial charge in [0.2, 0.25) is 0 Å². The quantitative estimate of drug-likeness (QED) is 0.689. The molecule has 0 radical (unpaired) electrons. The van der Waals surface area contributed by atoms with Crippen LogP contribution in [0.5, 0.6) is 0 Å². The third kappa shape index (κ3) is 2.47. The highest BCUT2D eigenvalue weighted by molar-refractivity contribution is 5.73. The van der Waals surface area contributed by atoms with Crippen molar-refractivity contribution in [2.24, 2.45) is 17.1 Å². The van der Waals surface area contributed by atoms with Crippen LogP contribution in [-0.2, 0) is 9.53 Å². The highest BCUT2D eigenvalue weighted by Crippen LogP contribution is 2.40. The van der Waals surface area contributed by atoms with Crippen LogP contribution in [0.15, 0.2) is 0 Å². The zero-order valence-corrected chi connectivity index (χ0v) is 9.38. The lowest BCUT2D eigenvalue weighted by Gasteiger charge is -2.39. The lowest BCUT2D eigenvalue weighted by molar-refractivity contribution is -0.154. The predicted molar refractivity (Wildman–Crippen MR) is 55.7 cm³/mol. The SMILES string of the molecule is CCOC(=O)[C@H]1CC[C@@H](N)CC1(C)C. The number of carbonyl (C=O) groups excluding carboxylic acids is 1. The minimum atomic E-state index is -0.0515. The summed E-state index contributed by atoms with van der Waals surface area (Å²) < 4.78 is 5.07. The fourth-order valence-electron chi connectivity index (χ4n) is 2.37. The Morgan fingerprint density at radius 1 is 1.50 bits per heavy atom. The van der Waals surface area contributed by atoms with Crippen LogP contribution in [0.25, 0.3) is 0 Å². The Labute approximate surface area is 86.0 Å². The van der Waals surface area contributed by atoms with Gasteiger partial charge in [-0.15, -0.1) is 0 Å². The van der Waals surface area contributed by atoms with E-state index in [0.29, 0.717) is 6.61 Å². The number of nitrogens with two attached hydrogens (primary N) is 1.